The zero-order valence-electron chi connectivity index (χ0n) is 10.4. The number of halogens is 1. The highest BCUT2D eigenvalue weighted by molar-refractivity contribution is 5.32. The van der Waals surface area contributed by atoms with Crippen LogP contribution in [0.1, 0.15) is 16.8 Å². The van der Waals surface area contributed by atoms with Crippen molar-refractivity contribution in [2.75, 3.05) is 0 Å². The highest BCUT2D eigenvalue weighted by Gasteiger charge is 2.04. The molecule has 4 heteroatoms. The number of ether oxygens (including phenoxy) is 1. The first-order valence-corrected chi connectivity index (χ1v) is 5.70. The van der Waals surface area contributed by atoms with Gasteiger partial charge in [0.2, 0.25) is 5.88 Å². The van der Waals surface area contributed by atoms with Crippen molar-refractivity contribution in [1.29, 1.82) is 0 Å². The summed E-state index contributed by atoms with van der Waals surface area (Å²) in [4.78, 5) is 4.27. The van der Waals surface area contributed by atoms with E-state index < -0.39 is 0 Å². The van der Waals surface area contributed by atoms with Gasteiger partial charge in [0, 0.05) is 24.4 Å². The molecule has 2 N–H and O–H groups in total. The Hall–Kier alpha value is -1.94. The number of rotatable bonds is 3. The van der Waals surface area contributed by atoms with Gasteiger partial charge in [-0.05, 0) is 31.0 Å². The molecule has 1 heterocycles. The van der Waals surface area contributed by atoms with Crippen molar-refractivity contribution < 1.29 is 9.13 Å². The quantitative estimate of drug-likeness (QED) is 0.905. The molecule has 0 radical (unpaired) electrons. The van der Waals surface area contributed by atoms with Crippen LogP contribution in [-0.2, 0) is 6.54 Å². The molecule has 0 amide bonds. The summed E-state index contributed by atoms with van der Waals surface area (Å²) in [5.74, 6) is 0.584. The second kappa shape index (κ2) is 5.14. The maximum absolute atomic E-state index is 13.4. The van der Waals surface area contributed by atoms with E-state index in [0.29, 0.717) is 23.7 Å². The molecule has 0 aliphatic carbocycles. The summed E-state index contributed by atoms with van der Waals surface area (Å²) < 4.78 is 18.9. The molecule has 3 nitrogen and oxygen atoms in total. The highest BCUT2D eigenvalue weighted by atomic mass is 19.1. The Morgan fingerprint density at radius 2 is 2.00 bits per heavy atom. The first-order valence-electron chi connectivity index (χ1n) is 5.70. The minimum absolute atomic E-state index is 0.289. The maximum Gasteiger partial charge on any atom is 0.219 e. The number of nitrogens with two attached hydrogens (primary N) is 1. The third kappa shape index (κ3) is 2.65. The summed E-state index contributed by atoms with van der Waals surface area (Å²) in [6, 6.07) is 8.33. The lowest BCUT2D eigenvalue weighted by Crippen LogP contribution is -2.01. The second-order valence-corrected chi connectivity index (χ2v) is 4.11. The zero-order chi connectivity index (χ0) is 13.1. The molecule has 0 spiro atoms. The fraction of sp³-hybridized carbons (Fsp3) is 0.214. The summed E-state index contributed by atoms with van der Waals surface area (Å²) in [5, 5.41) is 0. The standard InChI is InChI=1S/C14H15FN2O/c1-9-3-5-12(7-13(9)15)18-14-6-4-11(8-16)10(2)17-14/h3-7H,8,16H2,1-2H3. The number of benzene rings is 1. The Labute approximate surface area is 105 Å². The Morgan fingerprint density at radius 1 is 1.22 bits per heavy atom. The van der Waals surface area contributed by atoms with E-state index in [1.807, 2.05) is 13.0 Å². The van der Waals surface area contributed by atoms with Gasteiger partial charge in [-0.3, -0.25) is 0 Å². The van der Waals surface area contributed by atoms with Gasteiger partial charge in [0.25, 0.3) is 0 Å². The maximum atomic E-state index is 13.4. The summed E-state index contributed by atoms with van der Waals surface area (Å²) in [7, 11) is 0. The van der Waals surface area contributed by atoms with E-state index in [0.717, 1.165) is 11.3 Å². The predicted molar refractivity (Wildman–Crippen MR) is 68.1 cm³/mol. The molecule has 0 saturated heterocycles. The molecule has 0 aliphatic heterocycles. The van der Waals surface area contributed by atoms with Gasteiger partial charge < -0.3 is 10.5 Å². The molecule has 0 saturated carbocycles. The van der Waals surface area contributed by atoms with Gasteiger partial charge >= 0.3 is 0 Å². The van der Waals surface area contributed by atoms with Crippen molar-refractivity contribution in [3.8, 4) is 11.6 Å². The minimum Gasteiger partial charge on any atom is -0.439 e. The van der Waals surface area contributed by atoms with Crippen LogP contribution in [0.4, 0.5) is 4.39 Å². The molecule has 1 aromatic carbocycles. The van der Waals surface area contributed by atoms with Crippen LogP contribution in [0.2, 0.25) is 0 Å². The predicted octanol–water partition coefficient (Wildman–Crippen LogP) is 3.09. The molecule has 0 unspecified atom stereocenters. The van der Waals surface area contributed by atoms with Crippen molar-refractivity contribution >= 4 is 0 Å². The molecule has 0 aliphatic rings. The molecule has 0 bridgehead atoms. The number of hydrogen-bond donors (Lipinski definition) is 1. The van der Waals surface area contributed by atoms with Crippen molar-refractivity contribution in [3.63, 3.8) is 0 Å². The van der Waals surface area contributed by atoms with Crippen molar-refractivity contribution in [2.24, 2.45) is 5.73 Å². The molecule has 94 valence electrons. The average Bonchev–Trinajstić information content (AvgIpc) is 2.34. The minimum atomic E-state index is -0.289. The van der Waals surface area contributed by atoms with E-state index in [-0.39, 0.29) is 5.82 Å². The molecule has 0 atom stereocenters. The monoisotopic (exact) mass is 246 g/mol. The Bertz CT molecular complexity index is 570. The van der Waals surface area contributed by atoms with Crippen LogP contribution in [0.5, 0.6) is 11.6 Å². The van der Waals surface area contributed by atoms with Crippen LogP contribution in [0.3, 0.4) is 0 Å². The molecule has 2 aromatic rings. The van der Waals surface area contributed by atoms with E-state index in [2.05, 4.69) is 4.98 Å². The van der Waals surface area contributed by atoms with Gasteiger partial charge in [0.05, 0.1) is 0 Å². The SMILES string of the molecule is Cc1ccc(Oc2ccc(CN)c(C)n2)cc1F. The van der Waals surface area contributed by atoms with E-state index in [9.17, 15) is 4.39 Å². The van der Waals surface area contributed by atoms with E-state index in [1.165, 1.54) is 6.07 Å². The molecular formula is C14H15FN2O. The normalized spacial score (nSPS) is 10.4. The smallest absolute Gasteiger partial charge is 0.219 e. The van der Waals surface area contributed by atoms with Crippen LogP contribution < -0.4 is 10.5 Å². The first-order chi connectivity index (χ1) is 8.60. The van der Waals surface area contributed by atoms with Crippen molar-refractivity contribution in [2.45, 2.75) is 20.4 Å². The molecule has 0 fully saturated rings. The second-order valence-electron chi connectivity index (χ2n) is 4.11. The first kappa shape index (κ1) is 12.5. The molecular weight excluding hydrogens is 231 g/mol. The van der Waals surface area contributed by atoms with Gasteiger partial charge in [-0.1, -0.05) is 12.1 Å². The van der Waals surface area contributed by atoms with Crippen LogP contribution in [-0.4, -0.2) is 4.98 Å². The van der Waals surface area contributed by atoms with Crippen LogP contribution in [0.25, 0.3) is 0 Å². The Balaban J connectivity index is 2.23. The van der Waals surface area contributed by atoms with Gasteiger partial charge in [-0.2, -0.15) is 0 Å². The number of pyridine rings is 1. The van der Waals surface area contributed by atoms with Gasteiger partial charge in [-0.15, -0.1) is 0 Å². The van der Waals surface area contributed by atoms with Crippen molar-refractivity contribution in [3.05, 3.63) is 53.0 Å². The van der Waals surface area contributed by atoms with Crippen molar-refractivity contribution in [1.82, 2.24) is 4.98 Å². The number of hydrogen-bond acceptors (Lipinski definition) is 3. The third-order valence-electron chi connectivity index (χ3n) is 2.76. The number of nitrogens with zero attached hydrogens (tertiary/aromatic N) is 1. The largest absolute Gasteiger partial charge is 0.439 e. The lowest BCUT2D eigenvalue weighted by atomic mass is 10.2. The average molecular weight is 246 g/mol. The topological polar surface area (TPSA) is 48.1 Å². The summed E-state index contributed by atoms with van der Waals surface area (Å²) in [6.07, 6.45) is 0. The Morgan fingerprint density at radius 3 is 2.61 bits per heavy atom. The molecule has 2 rings (SSSR count). The molecule has 18 heavy (non-hydrogen) atoms. The number of aromatic nitrogens is 1. The van der Waals surface area contributed by atoms with E-state index in [4.69, 9.17) is 10.5 Å². The summed E-state index contributed by atoms with van der Waals surface area (Å²) in [5.41, 5.74) is 7.94. The van der Waals surface area contributed by atoms with E-state index >= 15 is 0 Å². The van der Waals surface area contributed by atoms with Gasteiger partial charge in [0.1, 0.15) is 11.6 Å². The fourth-order valence-electron chi connectivity index (χ4n) is 1.60. The van der Waals surface area contributed by atoms with Gasteiger partial charge in [0.15, 0.2) is 0 Å². The molecule has 1 aromatic heterocycles. The van der Waals surface area contributed by atoms with Gasteiger partial charge in [-0.25, -0.2) is 9.37 Å². The summed E-state index contributed by atoms with van der Waals surface area (Å²) >= 11 is 0. The Kier molecular flexibility index (Phi) is 3.58. The van der Waals surface area contributed by atoms with Crippen LogP contribution >= 0.6 is 0 Å². The number of aryl methyl sites for hydroxylation is 2. The lowest BCUT2D eigenvalue weighted by Gasteiger charge is -2.08. The highest BCUT2D eigenvalue weighted by Crippen LogP contribution is 2.22. The third-order valence-corrected chi connectivity index (χ3v) is 2.76. The lowest BCUT2D eigenvalue weighted by molar-refractivity contribution is 0.456. The van der Waals surface area contributed by atoms with Crippen LogP contribution in [0.15, 0.2) is 30.3 Å². The summed E-state index contributed by atoms with van der Waals surface area (Å²) in [6.45, 7) is 4.01. The van der Waals surface area contributed by atoms with Crippen LogP contribution in [0, 0.1) is 19.7 Å². The fourth-order valence-corrected chi connectivity index (χ4v) is 1.60. The van der Waals surface area contributed by atoms with E-state index in [1.54, 1.807) is 25.1 Å². The zero-order valence-corrected chi connectivity index (χ0v) is 10.4.